The predicted molar refractivity (Wildman–Crippen MR) is 78.7 cm³/mol. The molecule has 1 N–H and O–H groups in total. The van der Waals surface area contributed by atoms with Crippen LogP contribution >= 0.6 is 0 Å². The van der Waals surface area contributed by atoms with Gasteiger partial charge in [-0.1, -0.05) is 6.92 Å². The van der Waals surface area contributed by atoms with Gasteiger partial charge in [-0.2, -0.15) is 5.26 Å². The van der Waals surface area contributed by atoms with Crippen molar-refractivity contribution in [3.63, 3.8) is 0 Å². The van der Waals surface area contributed by atoms with E-state index in [2.05, 4.69) is 31.1 Å². The van der Waals surface area contributed by atoms with Crippen LogP contribution in [-0.4, -0.2) is 36.0 Å². The minimum absolute atomic E-state index is 0.0808. The Balaban J connectivity index is 2.64. The predicted octanol–water partition coefficient (Wildman–Crippen LogP) is 2.61. The lowest BCUT2D eigenvalue weighted by Gasteiger charge is -2.23. The molecule has 1 aromatic rings. The number of nitro groups is 1. The second-order valence-electron chi connectivity index (χ2n) is 4.77. The molecule has 0 aliphatic rings. The molecule has 0 fully saturated rings. The summed E-state index contributed by atoms with van der Waals surface area (Å²) < 4.78 is 0. The molecule has 0 bridgehead atoms. The first-order chi connectivity index (χ1) is 9.49. The second-order valence-corrected chi connectivity index (χ2v) is 4.77. The number of likely N-dealkylation sites (N-methyl/N-ethyl adjacent to an activating group) is 1. The van der Waals surface area contributed by atoms with Gasteiger partial charge in [0.05, 0.1) is 4.92 Å². The number of hydrogen-bond acceptors (Lipinski definition) is 5. The van der Waals surface area contributed by atoms with E-state index in [1.54, 1.807) is 6.07 Å². The zero-order valence-electron chi connectivity index (χ0n) is 12.1. The highest BCUT2D eigenvalue weighted by atomic mass is 16.6. The minimum Gasteiger partial charge on any atom is -0.384 e. The van der Waals surface area contributed by atoms with E-state index in [1.807, 2.05) is 6.07 Å². The maximum atomic E-state index is 10.9. The lowest BCUT2D eigenvalue weighted by molar-refractivity contribution is -0.385. The number of nitro benzene ring substituents is 1. The van der Waals surface area contributed by atoms with Gasteiger partial charge in [0.2, 0.25) is 0 Å². The van der Waals surface area contributed by atoms with Crippen molar-refractivity contribution in [2.45, 2.75) is 26.3 Å². The van der Waals surface area contributed by atoms with Gasteiger partial charge in [-0.25, -0.2) is 0 Å². The Hall–Kier alpha value is -2.13. The Kier molecular flexibility index (Phi) is 5.94. The smallest absolute Gasteiger partial charge is 0.289 e. The minimum atomic E-state index is -0.533. The molecule has 0 saturated carbocycles. The first-order valence-corrected chi connectivity index (χ1v) is 6.62. The van der Waals surface area contributed by atoms with Crippen molar-refractivity contribution in [2.75, 3.05) is 25.5 Å². The van der Waals surface area contributed by atoms with E-state index in [1.165, 1.54) is 12.1 Å². The molecule has 0 aromatic heterocycles. The maximum absolute atomic E-state index is 10.9. The van der Waals surface area contributed by atoms with Crippen molar-refractivity contribution in [3.05, 3.63) is 33.9 Å². The third-order valence-corrected chi connectivity index (χ3v) is 3.45. The van der Waals surface area contributed by atoms with Gasteiger partial charge in [-0.3, -0.25) is 10.1 Å². The Morgan fingerprint density at radius 2 is 2.25 bits per heavy atom. The van der Waals surface area contributed by atoms with E-state index in [0.29, 0.717) is 18.3 Å². The Bertz CT molecular complexity index is 510. The molecule has 0 radical (unpaired) electrons. The highest BCUT2D eigenvalue weighted by Crippen LogP contribution is 2.22. The number of anilines is 1. The van der Waals surface area contributed by atoms with Gasteiger partial charge in [0, 0.05) is 30.9 Å². The molecule has 6 nitrogen and oxygen atoms in total. The van der Waals surface area contributed by atoms with Crippen molar-refractivity contribution < 1.29 is 4.92 Å². The summed E-state index contributed by atoms with van der Waals surface area (Å²) in [4.78, 5) is 12.6. The van der Waals surface area contributed by atoms with Gasteiger partial charge < -0.3 is 10.2 Å². The fourth-order valence-electron chi connectivity index (χ4n) is 1.80. The lowest BCUT2D eigenvalue weighted by Crippen LogP contribution is -2.32. The number of nitrogens with one attached hydrogen (secondary N) is 1. The molecule has 108 valence electrons. The van der Waals surface area contributed by atoms with Crippen LogP contribution in [0.15, 0.2) is 18.2 Å². The second kappa shape index (κ2) is 7.46. The number of hydrogen-bond donors (Lipinski definition) is 1. The molecule has 0 amide bonds. The molecule has 0 spiro atoms. The van der Waals surface area contributed by atoms with Crippen LogP contribution in [-0.2, 0) is 0 Å². The van der Waals surface area contributed by atoms with E-state index in [-0.39, 0.29) is 11.3 Å². The number of nitriles is 1. The van der Waals surface area contributed by atoms with Crippen LogP contribution in [0, 0.1) is 21.4 Å². The van der Waals surface area contributed by atoms with E-state index in [4.69, 9.17) is 5.26 Å². The fourth-order valence-corrected chi connectivity index (χ4v) is 1.80. The molecule has 1 rings (SSSR count). The molecule has 0 aliphatic carbocycles. The molecule has 20 heavy (non-hydrogen) atoms. The summed E-state index contributed by atoms with van der Waals surface area (Å²) in [5.74, 6) is 0. The van der Waals surface area contributed by atoms with Gasteiger partial charge in [-0.15, -0.1) is 0 Å². The van der Waals surface area contributed by atoms with Crippen LogP contribution in [0.1, 0.15) is 25.8 Å². The van der Waals surface area contributed by atoms with E-state index in [0.717, 1.165) is 13.0 Å². The monoisotopic (exact) mass is 276 g/mol. The molecule has 0 saturated heterocycles. The molecular weight excluding hydrogens is 256 g/mol. The van der Waals surface area contributed by atoms with Crippen LogP contribution in [0.5, 0.6) is 0 Å². The van der Waals surface area contributed by atoms with Crippen molar-refractivity contribution in [1.29, 1.82) is 5.26 Å². The molecule has 6 heteroatoms. The number of rotatable bonds is 7. The third-order valence-electron chi connectivity index (χ3n) is 3.45. The summed E-state index contributed by atoms with van der Waals surface area (Å²) in [7, 11) is 2.05. The lowest BCUT2D eigenvalue weighted by atomic mass is 10.2. The number of benzene rings is 1. The SMILES string of the molecule is CCC(C)N(C)CCNc1ccc(C#N)c([N+](=O)[O-])c1. The molecule has 1 atom stereocenters. The quantitative estimate of drug-likeness (QED) is 0.611. The standard InChI is InChI=1S/C14H20N4O2/c1-4-11(2)17(3)8-7-16-13-6-5-12(10-15)14(9-13)18(19)20/h5-6,9,11,16H,4,7-8H2,1-3H3. The van der Waals surface area contributed by atoms with Gasteiger partial charge in [0.15, 0.2) is 0 Å². The van der Waals surface area contributed by atoms with Crippen molar-refractivity contribution in [1.82, 2.24) is 4.90 Å². The van der Waals surface area contributed by atoms with Crippen LogP contribution in [0.3, 0.4) is 0 Å². The van der Waals surface area contributed by atoms with Crippen molar-refractivity contribution in [2.24, 2.45) is 0 Å². The van der Waals surface area contributed by atoms with Crippen LogP contribution in [0.4, 0.5) is 11.4 Å². The molecular formula is C14H20N4O2. The summed E-state index contributed by atoms with van der Waals surface area (Å²) in [5, 5.41) is 22.8. The largest absolute Gasteiger partial charge is 0.384 e. The Morgan fingerprint density at radius 1 is 1.55 bits per heavy atom. The van der Waals surface area contributed by atoms with Gasteiger partial charge in [0.1, 0.15) is 11.6 Å². The molecule has 1 unspecified atom stereocenters. The first-order valence-electron chi connectivity index (χ1n) is 6.62. The third kappa shape index (κ3) is 4.21. The Labute approximate surface area is 119 Å². The van der Waals surface area contributed by atoms with Gasteiger partial charge in [0.25, 0.3) is 5.69 Å². The highest BCUT2D eigenvalue weighted by molar-refractivity contribution is 5.59. The summed E-state index contributed by atoms with van der Waals surface area (Å²) in [6.07, 6.45) is 1.08. The summed E-state index contributed by atoms with van der Waals surface area (Å²) >= 11 is 0. The van der Waals surface area contributed by atoms with E-state index >= 15 is 0 Å². The average Bonchev–Trinajstić information content (AvgIpc) is 2.45. The summed E-state index contributed by atoms with van der Waals surface area (Å²) in [5.41, 5.74) is 0.582. The summed E-state index contributed by atoms with van der Waals surface area (Å²) in [6, 6.07) is 6.89. The zero-order valence-corrected chi connectivity index (χ0v) is 12.1. The highest BCUT2D eigenvalue weighted by Gasteiger charge is 2.14. The van der Waals surface area contributed by atoms with Gasteiger partial charge >= 0.3 is 0 Å². The van der Waals surface area contributed by atoms with Crippen LogP contribution in [0.2, 0.25) is 0 Å². The van der Waals surface area contributed by atoms with Crippen molar-refractivity contribution >= 4 is 11.4 Å². The zero-order chi connectivity index (χ0) is 15.1. The fraction of sp³-hybridized carbons (Fsp3) is 0.500. The average molecular weight is 276 g/mol. The molecule has 1 aromatic carbocycles. The van der Waals surface area contributed by atoms with E-state index in [9.17, 15) is 10.1 Å². The van der Waals surface area contributed by atoms with Crippen molar-refractivity contribution in [3.8, 4) is 6.07 Å². The van der Waals surface area contributed by atoms with Crippen LogP contribution in [0.25, 0.3) is 0 Å². The Morgan fingerprint density at radius 3 is 2.80 bits per heavy atom. The summed E-state index contributed by atoms with van der Waals surface area (Å²) in [6.45, 7) is 5.85. The molecule has 0 aliphatic heterocycles. The molecule has 0 heterocycles. The van der Waals surface area contributed by atoms with Gasteiger partial charge in [-0.05, 0) is 32.5 Å². The van der Waals surface area contributed by atoms with Crippen LogP contribution < -0.4 is 5.32 Å². The van der Waals surface area contributed by atoms with E-state index < -0.39 is 4.92 Å². The maximum Gasteiger partial charge on any atom is 0.289 e. The number of nitrogens with zero attached hydrogens (tertiary/aromatic N) is 3. The first kappa shape index (κ1) is 15.9. The normalized spacial score (nSPS) is 11.9. The topological polar surface area (TPSA) is 82.2 Å².